The van der Waals surface area contributed by atoms with Crippen LogP contribution in [0.3, 0.4) is 0 Å². The average molecular weight is 393 g/mol. The molecule has 0 fully saturated rings. The highest BCUT2D eigenvalue weighted by molar-refractivity contribution is 5.81. The number of H-pyrrole nitrogens is 1. The highest BCUT2D eigenvalue weighted by Gasteiger charge is 2.39. The summed E-state index contributed by atoms with van der Waals surface area (Å²) >= 11 is 0. The summed E-state index contributed by atoms with van der Waals surface area (Å²) in [5.74, 6) is -1.13. The lowest BCUT2D eigenvalue weighted by Gasteiger charge is -2.29. The number of aromatic nitrogens is 5. The van der Waals surface area contributed by atoms with E-state index >= 15 is 0 Å². The molecule has 8 nitrogen and oxygen atoms in total. The van der Waals surface area contributed by atoms with Gasteiger partial charge in [0.05, 0.1) is 12.1 Å². The third kappa shape index (κ3) is 3.44. The lowest BCUT2D eigenvalue weighted by Crippen LogP contribution is -2.42. The summed E-state index contributed by atoms with van der Waals surface area (Å²) < 4.78 is 39.7. The minimum Gasteiger partial charge on any atom is -0.333 e. The van der Waals surface area contributed by atoms with Gasteiger partial charge in [0.15, 0.2) is 5.82 Å². The van der Waals surface area contributed by atoms with Gasteiger partial charge in [0.2, 0.25) is 11.7 Å². The molecule has 0 spiro atoms. The zero-order chi connectivity index (χ0) is 19.9. The van der Waals surface area contributed by atoms with Crippen molar-refractivity contribution < 1.29 is 18.0 Å². The second kappa shape index (κ2) is 6.89. The molecule has 1 aromatic carbocycles. The van der Waals surface area contributed by atoms with Crippen LogP contribution in [0.2, 0.25) is 0 Å². The predicted molar refractivity (Wildman–Crippen MR) is 92.8 cm³/mol. The first-order chi connectivity index (χ1) is 13.3. The van der Waals surface area contributed by atoms with E-state index in [-0.39, 0.29) is 37.8 Å². The van der Waals surface area contributed by atoms with Crippen LogP contribution in [0.5, 0.6) is 0 Å². The number of carbonyl (C=O) groups excluding carboxylic acids is 1. The first-order valence-corrected chi connectivity index (χ1v) is 8.77. The Morgan fingerprint density at radius 1 is 1.25 bits per heavy atom. The summed E-state index contributed by atoms with van der Waals surface area (Å²) in [5, 5.41) is 14.9. The zero-order valence-corrected chi connectivity index (χ0v) is 14.8. The van der Waals surface area contributed by atoms with Gasteiger partial charge in [-0.05, 0) is 6.07 Å². The smallest absolute Gasteiger partial charge is 0.333 e. The minimum absolute atomic E-state index is 0.00331. The van der Waals surface area contributed by atoms with Crippen LogP contribution in [-0.2, 0) is 30.5 Å². The van der Waals surface area contributed by atoms with Crippen molar-refractivity contribution in [1.82, 2.24) is 29.9 Å². The summed E-state index contributed by atoms with van der Waals surface area (Å²) in [5.41, 5.74) is 7.82. The number of aromatic amines is 1. The van der Waals surface area contributed by atoms with Crippen LogP contribution >= 0.6 is 0 Å². The maximum atomic E-state index is 12.9. The van der Waals surface area contributed by atoms with Gasteiger partial charge < -0.3 is 15.2 Å². The number of nitrogens with one attached hydrogen (secondary N) is 1. The Kier molecular flexibility index (Phi) is 4.53. The number of hydrogen-bond donors (Lipinski definition) is 2. The van der Waals surface area contributed by atoms with Crippen molar-refractivity contribution in [2.24, 2.45) is 5.73 Å². The van der Waals surface area contributed by atoms with Crippen LogP contribution in [0, 0.1) is 0 Å². The van der Waals surface area contributed by atoms with Crippen molar-refractivity contribution in [3.63, 3.8) is 0 Å². The van der Waals surface area contributed by atoms with Crippen molar-refractivity contribution in [3.05, 3.63) is 41.6 Å². The van der Waals surface area contributed by atoms with Crippen molar-refractivity contribution in [1.29, 1.82) is 0 Å². The molecule has 1 aliphatic rings. The average Bonchev–Trinajstić information content (AvgIpc) is 3.25. The Hall–Kier alpha value is -2.95. The molecule has 0 saturated carbocycles. The predicted octanol–water partition coefficient (Wildman–Crippen LogP) is 1.48. The Morgan fingerprint density at radius 3 is 2.82 bits per heavy atom. The number of nitrogens with two attached hydrogens (primary N) is 1. The van der Waals surface area contributed by atoms with Crippen molar-refractivity contribution in [2.75, 3.05) is 6.54 Å². The molecule has 0 bridgehead atoms. The van der Waals surface area contributed by atoms with Gasteiger partial charge in [-0.1, -0.05) is 18.2 Å². The van der Waals surface area contributed by atoms with Gasteiger partial charge in [-0.25, -0.2) is 0 Å². The van der Waals surface area contributed by atoms with Crippen LogP contribution < -0.4 is 5.73 Å². The van der Waals surface area contributed by atoms with Gasteiger partial charge >= 0.3 is 6.18 Å². The van der Waals surface area contributed by atoms with E-state index in [2.05, 4.69) is 20.4 Å². The molecule has 1 amide bonds. The largest absolute Gasteiger partial charge is 0.451 e. The van der Waals surface area contributed by atoms with Gasteiger partial charge in [0.25, 0.3) is 0 Å². The van der Waals surface area contributed by atoms with E-state index < -0.39 is 18.0 Å². The second-order valence-electron chi connectivity index (χ2n) is 6.79. The molecule has 148 valence electrons. The molecule has 28 heavy (non-hydrogen) atoms. The van der Waals surface area contributed by atoms with Crippen LogP contribution in [0.15, 0.2) is 24.3 Å². The van der Waals surface area contributed by atoms with E-state index in [9.17, 15) is 18.0 Å². The topological polar surface area (TPSA) is 106 Å². The molecule has 1 atom stereocenters. The van der Waals surface area contributed by atoms with Gasteiger partial charge in [-0.15, -0.1) is 10.2 Å². The SMILES string of the molecule is NC(CC(=O)N1CCn2c(nnc2C(F)(F)F)C1)Cc1[nH]nc2ccccc12. The van der Waals surface area contributed by atoms with Crippen molar-refractivity contribution in [3.8, 4) is 0 Å². The van der Waals surface area contributed by atoms with Crippen LogP contribution in [0.1, 0.15) is 23.8 Å². The molecule has 1 unspecified atom stereocenters. The van der Waals surface area contributed by atoms with Crippen molar-refractivity contribution in [2.45, 2.75) is 38.1 Å². The monoisotopic (exact) mass is 393 g/mol. The molecule has 0 saturated heterocycles. The summed E-state index contributed by atoms with van der Waals surface area (Å²) in [6, 6.07) is 7.15. The maximum absolute atomic E-state index is 12.9. The molecule has 3 N–H and O–H groups in total. The van der Waals surface area contributed by atoms with Gasteiger partial charge in [-0.3, -0.25) is 9.89 Å². The highest BCUT2D eigenvalue weighted by atomic mass is 19.4. The van der Waals surface area contributed by atoms with E-state index in [4.69, 9.17) is 5.73 Å². The third-order valence-electron chi connectivity index (χ3n) is 4.80. The van der Waals surface area contributed by atoms with E-state index in [1.165, 1.54) is 4.90 Å². The fourth-order valence-corrected chi connectivity index (χ4v) is 3.44. The molecular formula is C17H18F3N7O. The van der Waals surface area contributed by atoms with Gasteiger partial charge in [0.1, 0.15) is 0 Å². The van der Waals surface area contributed by atoms with E-state index in [1.54, 1.807) is 0 Å². The molecule has 2 aromatic heterocycles. The third-order valence-corrected chi connectivity index (χ3v) is 4.80. The second-order valence-corrected chi connectivity index (χ2v) is 6.79. The first-order valence-electron chi connectivity index (χ1n) is 8.77. The highest BCUT2D eigenvalue weighted by Crippen LogP contribution is 2.29. The number of alkyl halides is 3. The number of nitrogens with zero attached hydrogens (tertiary/aromatic N) is 5. The van der Waals surface area contributed by atoms with E-state index in [1.807, 2.05) is 24.3 Å². The molecule has 3 aromatic rings. The molecule has 0 aliphatic carbocycles. The Labute approximate surface area is 157 Å². The van der Waals surface area contributed by atoms with Crippen LogP contribution in [-0.4, -0.2) is 48.4 Å². The summed E-state index contributed by atoms with van der Waals surface area (Å²) in [7, 11) is 0. The summed E-state index contributed by atoms with van der Waals surface area (Å²) in [4.78, 5) is 14.0. The molecule has 1 aliphatic heterocycles. The minimum atomic E-state index is -4.56. The number of carbonyl (C=O) groups is 1. The number of para-hydroxylation sites is 1. The molecule has 4 rings (SSSR count). The quantitative estimate of drug-likeness (QED) is 0.698. The Balaban J connectivity index is 1.39. The normalized spacial score (nSPS) is 15.6. The number of hydrogen-bond acceptors (Lipinski definition) is 5. The number of fused-ring (bicyclic) bond motifs is 2. The first kappa shape index (κ1) is 18.4. The van der Waals surface area contributed by atoms with Crippen molar-refractivity contribution >= 4 is 16.8 Å². The summed E-state index contributed by atoms with van der Waals surface area (Å²) in [6.45, 7) is 0.150. The lowest BCUT2D eigenvalue weighted by molar-refractivity contribution is -0.148. The molecular weight excluding hydrogens is 375 g/mol. The molecule has 3 heterocycles. The lowest BCUT2D eigenvalue weighted by atomic mass is 10.1. The Bertz CT molecular complexity index is 1010. The molecule has 0 radical (unpaired) electrons. The van der Waals surface area contributed by atoms with Gasteiger partial charge in [0, 0.05) is 43.1 Å². The van der Waals surface area contributed by atoms with E-state index in [0.29, 0.717) is 6.42 Å². The fraction of sp³-hybridized carbons (Fsp3) is 0.412. The maximum Gasteiger partial charge on any atom is 0.451 e. The zero-order valence-electron chi connectivity index (χ0n) is 14.8. The standard InChI is InChI=1S/C17H18F3N7O/c18-17(19,20)16-25-24-14-9-26(5-6-27(14)16)15(28)8-10(21)7-13-11-3-1-2-4-12(11)22-23-13/h1-4,10H,5-9,21H2,(H,22,23). The number of rotatable bonds is 4. The number of amides is 1. The fourth-order valence-electron chi connectivity index (χ4n) is 3.44. The van der Waals surface area contributed by atoms with E-state index in [0.717, 1.165) is 21.2 Å². The van der Waals surface area contributed by atoms with Crippen LogP contribution in [0.4, 0.5) is 13.2 Å². The molecule has 11 heteroatoms. The van der Waals surface area contributed by atoms with Crippen LogP contribution in [0.25, 0.3) is 10.9 Å². The number of benzene rings is 1. The summed E-state index contributed by atoms with van der Waals surface area (Å²) in [6.07, 6.45) is -4.05. The Morgan fingerprint density at radius 2 is 2.04 bits per heavy atom. The number of halogens is 3. The van der Waals surface area contributed by atoms with Gasteiger partial charge in [-0.2, -0.15) is 18.3 Å².